The Kier molecular flexibility index (Phi) is 3.01. The van der Waals surface area contributed by atoms with E-state index in [1.54, 1.807) is 0 Å². The normalized spacial score (nSPS) is 14.1. The van der Waals surface area contributed by atoms with Crippen molar-refractivity contribution >= 4 is 11.6 Å². The van der Waals surface area contributed by atoms with E-state index in [1.807, 2.05) is 0 Å². The number of halogens is 5. The molecular weight excluding hydrogens is 222 g/mol. The highest BCUT2D eigenvalue weighted by Crippen LogP contribution is 2.34. The van der Waals surface area contributed by atoms with Crippen molar-refractivity contribution in [3.63, 3.8) is 0 Å². The van der Waals surface area contributed by atoms with Crippen molar-refractivity contribution in [2.75, 3.05) is 0 Å². The number of rotatable bonds is 1. The maximum atomic E-state index is 12.5. The highest BCUT2D eigenvalue weighted by atomic mass is 35.5. The zero-order chi connectivity index (χ0) is 10.9. The van der Waals surface area contributed by atoms with Crippen molar-refractivity contribution < 1.29 is 17.6 Å². The first kappa shape index (κ1) is 11.3. The molecule has 0 aliphatic carbocycles. The monoisotopic (exact) mass is 227 g/mol. The molecule has 0 spiro atoms. The van der Waals surface area contributed by atoms with Crippen LogP contribution in [-0.4, -0.2) is 6.18 Å². The average molecular weight is 228 g/mol. The van der Waals surface area contributed by atoms with E-state index in [2.05, 4.69) is 0 Å². The molecule has 1 nitrogen and oxygen atoms in total. The first-order chi connectivity index (χ1) is 6.32. The van der Waals surface area contributed by atoms with Crippen LogP contribution < -0.4 is 5.73 Å². The third-order valence-corrected chi connectivity index (χ3v) is 1.98. The van der Waals surface area contributed by atoms with Gasteiger partial charge in [-0.15, -0.1) is 0 Å². The molecule has 0 unspecified atom stereocenters. The van der Waals surface area contributed by atoms with Crippen molar-refractivity contribution in [2.45, 2.75) is 12.2 Å². The van der Waals surface area contributed by atoms with Crippen LogP contribution in [0.2, 0.25) is 5.02 Å². The van der Waals surface area contributed by atoms with Crippen LogP contribution in [0.5, 0.6) is 0 Å². The molecule has 0 saturated carbocycles. The topological polar surface area (TPSA) is 26.0 Å². The van der Waals surface area contributed by atoms with Gasteiger partial charge in [0.2, 0.25) is 0 Å². The van der Waals surface area contributed by atoms with Gasteiger partial charge in [-0.2, -0.15) is 13.2 Å². The number of nitrogens with two attached hydrogens (primary N) is 1. The summed E-state index contributed by atoms with van der Waals surface area (Å²) in [5.74, 6) is -0.701. The second kappa shape index (κ2) is 3.74. The third-order valence-electron chi connectivity index (χ3n) is 1.65. The molecule has 0 bridgehead atoms. The quantitative estimate of drug-likeness (QED) is 0.734. The average Bonchev–Trinajstić information content (AvgIpc) is 2.01. The molecule has 1 aromatic rings. The van der Waals surface area contributed by atoms with E-state index in [4.69, 9.17) is 17.3 Å². The summed E-state index contributed by atoms with van der Waals surface area (Å²) in [6, 6.07) is 0.418. The Morgan fingerprint density at radius 2 is 1.86 bits per heavy atom. The van der Waals surface area contributed by atoms with Gasteiger partial charge in [-0.3, -0.25) is 0 Å². The molecule has 0 amide bonds. The maximum absolute atomic E-state index is 12.5. The first-order valence-corrected chi connectivity index (χ1v) is 3.97. The van der Waals surface area contributed by atoms with Gasteiger partial charge < -0.3 is 5.73 Å². The number of alkyl halides is 3. The Hall–Kier alpha value is -0.810. The summed E-state index contributed by atoms with van der Waals surface area (Å²) in [5, 5.41) is -0.324. The van der Waals surface area contributed by atoms with Gasteiger partial charge in [-0.1, -0.05) is 17.7 Å². The Bertz CT molecular complexity index is 337. The van der Waals surface area contributed by atoms with Crippen LogP contribution in [0.3, 0.4) is 0 Å². The largest absolute Gasteiger partial charge is 0.407 e. The molecule has 1 rings (SSSR count). The fourth-order valence-corrected chi connectivity index (χ4v) is 1.21. The van der Waals surface area contributed by atoms with E-state index < -0.39 is 18.0 Å². The lowest BCUT2D eigenvalue weighted by molar-refractivity contribution is -0.149. The highest BCUT2D eigenvalue weighted by molar-refractivity contribution is 6.31. The summed E-state index contributed by atoms with van der Waals surface area (Å²) in [4.78, 5) is 0. The second-order valence-corrected chi connectivity index (χ2v) is 3.09. The first-order valence-electron chi connectivity index (χ1n) is 3.59. The molecule has 1 atom stereocenters. The zero-order valence-electron chi connectivity index (χ0n) is 6.78. The molecule has 0 radical (unpaired) electrons. The number of hydrogen-bond donors (Lipinski definition) is 1. The number of hydrogen-bond acceptors (Lipinski definition) is 1. The SMILES string of the molecule is N[C@H](c1ccc(F)cc1Cl)C(F)(F)F. The van der Waals surface area contributed by atoms with Gasteiger partial charge in [0.25, 0.3) is 0 Å². The molecule has 0 fully saturated rings. The van der Waals surface area contributed by atoms with Crippen LogP contribution in [0.1, 0.15) is 11.6 Å². The summed E-state index contributed by atoms with van der Waals surface area (Å²) >= 11 is 5.41. The van der Waals surface area contributed by atoms with Crippen molar-refractivity contribution in [2.24, 2.45) is 5.73 Å². The standard InChI is InChI=1S/C8H6ClF4N/c9-6-3-4(10)1-2-5(6)7(14)8(11,12)13/h1-3,7H,14H2/t7-/m1/s1. The highest BCUT2D eigenvalue weighted by Gasteiger charge is 2.38. The molecule has 0 aliphatic heterocycles. The van der Waals surface area contributed by atoms with Gasteiger partial charge in [-0.05, 0) is 17.7 Å². The molecule has 78 valence electrons. The van der Waals surface area contributed by atoms with Gasteiger partial charge >= 0.3 is 6.18 Å². The zero-order valence-corrected chi connectivity index (χ0v) is 7.53. The van der Waals surface area contributed by atoms with Crippen LogP contribution in [0, 0.1) is 5.82 Å². The maximum Gasteiger partial charge on any atom is 0.407 e. The lowest BCUT2D eigenvalue weighted by Gasteiger charge is -2.16. The molecule has 0 aromatic heterocycles. The fraction of sp³-hybridized carbons (Fsp3) is 0.250. The van der Waals surface area contributed by atoms with E-state index in [9.17, 15) is 17.6 Å². The van der Waals surface area contributed by atoms with Crippen molar-refractivity contribution in [3.05, 3.63) is 34.6 Å². The predicted octanol–water partition coefficient (Wildman–Crippen LogP) is 3.04. The lowest BCUT2D eigenvalue weighted by atomic mass is 10.1. The van der Waals surface area contributed by atoms with Crippen molar-refractivity contribution in [1.29, 1.82) is 0 Å². The van der Waals surface area contributed by atoms with Crippen LogP contribution in [0.25, 0.3) is 0 Å². The van der Waals surface area contributed by atoms with E-state index in [0.717, 1.165) is 18.2 Å². The third kappa shape index (κ3) is 2.36. The summed E-state index contributed by atoms with van der Waals surface area (Å²) in [6.45, 7) is 0. The predicted molar refractivity (Wildman–Crippen MR) is 44.4 cm³/mol. The van der Waals surface area contributed by atoms with Crippen LogP contribution in [0.4, 0.5) is 17.6 Å². The van der Waals surface area contributed by atoms with Gasteiger partial charge in [0.05, 0.1) is 0 Å². The molecule has 0 saturated heterocycles. The van der Waals surface area contributed by atoms with E-state index in [0.29, 0.717) is 0 Å². The summed E-state index contributed by atoms with van der Waals surface area (Å²) in [7, 11) is 0. The molecular formula is C8H6ClF4N. The lowest BCUT2D eigenvalue weighted by Crippen LogP contribution is -2.28. The van der Waals surface area contributed by atoms with Gasteiger partial charge in [0.15, 0.2) is 0 Å². The number of benzene rings is 1. The Morgan fingerprint density at radius 1 is 1.29 bits per heavy atom. The van der Waals surface area contributed by atoms with Gasteiger partial charge in [-0.25, -0.2) is 4.39 Å². The van der Waals surface area contributed by atoms with Gasteiger partial charge in [0.1, 0.15) is 11.9 Å². The summed E-state index contributed by atoms with van der Waals surface area (Å²) in [5.41, 5.74) is 4.56. The minimum Gasteiger partial charge on any atom is -0.316 e. The minimum atomic E-state index is -4.58. The molecule has 14 heavy (non-hydrogen) atoms. The Labute approximate surface area is 82.5 Å². The van der Waals surface area contributed by atoms with Gasteiger partial charge in [0, 0.05) is 5.02 Å². The van der Waals surface area contributed by atoms with Crippen LogP contribution in [0.15, 0.2) is 18.2 Å². The minimum absolute atomic E-state index is 0.324. The van der Waals surface area contributed by atoms with E-state index >= 15 is 0 Å². The summed E-state index contributed by atoms with van der Waals surface area (Å²) < 4.78 is 48.9. The van der Waals surface area contributed by atoms with Crippen LogP contribution in [-0.2, 0) is 0 Å². The van der Waals surface area contributed by atoms with Crippen LogP contribution >= 0.6 is 11.6 Å². The Morgan fingerprint density at radius 3 is 2.29 bits per heavy atom. The van der Waals surface area contributed by atoms with Crippen molar-refractivity contribution in [3.8, 4) is 0 Å². The Balaban J connectivity index is 3.08. The molecule has 0 aliphatic rings. The fourth-order valence-electron chi connectivity index (χ4n) is 0.930. The summed E-state index contributed by atoms with van der Waals surface area (Å²) in [6.07, 6.45) is -4.58. The van der Waals surface area contributed by atoms with Crippen molar-refractivity contribution in [1.82, 2.24) is 0 Å². The second-order valence-electron chi connectivity index (χ2n) is 2.69. The molecule has 0 heterocycles. The van der Waals surface area contributed by atoms with E-state index in [1.165, 1.54) is 0 Å². The molecule has 2 N–H and O–H groups in total. The molecule has 6 heteroatoms. The molecule has 1 aromatic carbocycles. The van der Waals surface area contributed by atoms with E-state index in [-0.39, 0.29) is 10.6 Å². The smallest absolute Gasteiger partial charge is 0.316 e.